The van der Waals surface area contributed by atoms with Gasteiger partial charge in [0.1, 0.15) is 11.8 Å². The zero-order valence-electron chi connectivity index (χ0n) is 12.8. The highest BCUT2D eigenvalue weighted by Gasteiger charge is 2.00. The molecule has 1 aromatic rings. The van der Waals surface area contributed by atoms with Crippen molar-refractivity contribution in [2.24, 2.45) is 0 Å². The van der Waals surface area contributed by atoms with E-state index in [1.54, 1.807) is 6.07 Å². The van der Waals surface area contributed by atoms with Gasteiger partial charge in [-0.25, -0.2) is 9.97 Å². The fourth-order valence-electron chi connectivity index (χ4n) is 2.16. The number of nitrogens with one attached hydrogen (secondary N) is 1. The lowest BCUT2D eigenvalue weighted by atomic mass is 10.1. The lowest BCUT2D eigenvalue weighted by molar-refractivity contribution is 0.580. The van der Waals surface area contributed by atoms with Crippen LogP contribution in [0.2, 0.25) is 0 Å². The molecule has 20 heavy (non-hydrogen) atoms. The van der Waals surface area contributed by atoms with Crippen LogP contribution in [0.15, 0.2) is 6.07 Å². The molecular formula is C16H26N4. The van der Waals surface area contributed by atoms with Crippen LogP contribution in [0.3, 0.4) is 0 Å². The van der Waals surface area contributed by atoms with Gasteiger partial charge in [-0.1, -0.05) is 51.9 Å². The molecule has 4 nitrogen and oxygen atoms in total. The van der Waals surface area contributed by atoms with Gasteiger partial charge in [0.2, 0.25) is 5.95 Å². The molecule has 0 unspecified atom stereocenters. The van der Waals surface area contributed by atoms with Crippen molar-refractivity contribution in [3.63, 3.8) is 0 Å². The van der Waals surface area contributed by atoms with Crippen molar-refractivity contribution < 1.29 is 0 Å². The Labute approximate surface area is 122 Å². The van der Waals surface area contributed by atoms with Gasteiger partial charge in [-0.05, 0) is 19.4 Å². The van der Waals surface area contributed by atoms with E-state index < -0.39 is 0 Å². The summed E-state index contributed by atoms with van der Waals surface area (Å²) < 4.78 is 0. The summed E-state index contributed by atoms with van der Waals surface area (Å²) in [5.41, 5.74) is 1.26. The first-order chi connectivity index (χ1) is 9.76. The molecule has 0 bridgehead atoms. The summed E-state index contributed by atoms with van der Waals surface area (Å²) in [5, 5.41) is 12.0. The van der Waals surface area contributed by atoms with Gasteiger partial charge in [0.15, 0.2) is 0 Å². The lowest BCUT2D eigenvalue weighted by Gasteiger charge is -2.06. The van der Waals surface area contributed by atoms with Crippen LogP contribution in [-0.4, -0.2) is 16.5 Å². The van der Waals surface area contributed by atoms with Gasteiger partial charge in [-0.15, -0.1) is 0 Å². The molecule has 0 atom stereocenters. The van der Waals surface area contributed by atoms with Crippen LogP contribution in [0.25, 0.3) is 0 Å². The molecular weight excluding hydrogens is 248 g/mol. The second kappa shape index (κ2) is 10.2. The van der Waals surface area contributed by atoms with Crippen LogP contribution < -0.4 is 5.32 Å². The van der Waals surface area contributed by atoms with Gasteiger partial charge < -0.3 is 5.32 Å². The maximum absolute atomic E-state index is 8.85. The number of nitriles is 1. The summed E-state index contributed by atoms with van der Waals surface area (Å²) >= 11 is 0. The average Bonchev–Trinajstić information content (AvgIpc) is 2.45. The Morgan fingerprint density at radius 1 is 1.05 bits per heavy atom. The number of nitrogens with zero attached hydrogens (tertiary/aromatic N) is 3. The van der Waals surface area contributed by atoms with Crippen LogP contribution >= 0.6 is 0 Å². The van der Waals surface area contributed by atoms with Crippen molar-refractivity contribution in [2.45, 2.75) is 65.2 Å². The maximum atomic E-state index is 8.85. The Kier molecular flexibility index (Phi) is 8.37. The summed E-state index contributed by atoms with van der Waals surface area (Å²) in [6.45, 7) is 5.00. The van der Waals surface area contributed by atoms with Gasteiger partial charge >= 0.3 is 0 Å². The van der Waals surface area contributed by atoms with Gasteiger partial charge in [0.25, 0.3) is 0 Å². The fourth-order valence-corrected chi connectivity index (χ4v) is 2.16. The zero-order chi connectivity index (χ0) is 14.6. The van der Waals surface area contributed by atoms with Crippen molar-refractivity contribution in [1.82, 2.24) is 9.97 Å². The van der Waals surface area contributed by atoms with E-state index in [-0.39, 0.29) is 0 Å². The summed E-state index contributed by atoms with van der Waals surface area (Å²) in [6, 6.07) is 3.75. The van der Waals surface area contributed by atoms with Crippen LogP contribution in [0.5, 0.6) is 0 Å². The molecule has 0 aromatic carbocycles. The molecule has 0 aliphatic rings. The van der Waals surface area contributed by atoms with E-state index in [2.05, 4.69) is 28.3 Å². The van der Waals surface area contributed by atoms with E-state index in [0.717, 1.165) is 18.7 Å². The van der Waals surface area contributed by atoms with Gasteiger partial charge in [-0.3, -0.25) is 0 Å². The number of aromatic nitrogens is 2. The second-order valence-corrected chi connectivity index (χ2v) is 5.23. The maximum Gasteiger partial charge on any atom is 0.224 e. The number of rotatable bonds is 10. The highest BCUT2D eigenvalue weighted by molar-refractivity contribution is 5.32. The van der Waals surface area contributed by atoms with Crippen LogP contribution in [0.1, 0.15) is 69.7 Å². The molecule has 0 spiro atoms. The predicted octanol–water partition coefficient (Wildman–Crippen LogP) is 4.21. The molecule has 0 aliphatic heterocycles. The number of hydrogen-bond donors (Lipinski definition) is 1. The molecule has 1 heterocycles. The Hall–Kier alpha value is -1.63. The van der Waals surface area contributed by atoms with E-state index in [1.807, 2.05) is 6.92 Å². The van der Waals surface area contributed by atoms with Crippen molar-refractivity contribution in [3.05, 3.63) is 17.5 Å². The summed E-state index contributed by atoms with van der Waals surface area (Å²) in [5.74, 6) is 0.574. The first-order valence-electron chi connectivity index (χ1n) is 7.76. The normalized spacial score (nSPS) is 10.2. The van der Waals surface area contributed by atoms with Crippen LogP contribution in [0, 0.1) is 18.3 Å². The third kappa shape index (κ3) is 7.08. The molecule has 0 saturated heterocycles. The van der Waals surface area contributed by atoms with Crippen LogP contribution in [0.4, 0.5) is 5.95 Å². The van der Waals surface area contributed by atoms with E-state index in [1.165, 1.54) is 44.9 Å². The van der Waals surface area contributed by atoms with E-state index in [9.17, 15) is 0 Å². The predicted molar refractivity (Wildman–Crippen MR) is 82.6 cm³/mol. The number of aryl methyl sites for hydroxylation is 1. The van der Waals surface area contributed by atoms with Crippen molar-refractivity contribution >= 4 is 5.95 Å². The smallest absolute Gasteiger partial charge is 0.224 e. The first-order valence-corrected chi connectivity index (χ1v) is 7.76. The molecule has 0 saturated carbocycles. The minimum absolute atomic E-state index is 0.427. The van der Waals surface area contributed by atoms with Crippen molar-refractivity contribution in [1.29, 1.82) is 5.26 Å². The Bertz CT molecular complexity index is 423. The average molecular weight is 274 g/mol. The third-order valence-corrected chi connectivity index (χ3v) is 3.28. The number of unbranched alkanes of at least 4 members (excludes halogenated alkanes) is 7. The van der Waals surface area contributed by atoms with Gasteiger partial charge in [0, 0.05) is 12.2 Å². The topological polar surface area (TPSA) is 61.6 Å². The highest BCUT2D eigenvalue weighted by Crippen LogP contribution is 2.09. The standard InChI is InChI=1S/C16H26N4/c1-3-4-5-6-7-8-9-10-11-18-16-19-14(2)12-15(13-17)20-16/h12H,3-11H2,1-2H3,(H,18,19,20). The largest absolute Gasteiger partial charge is 0.354 e. The SMILES string of the molecule is CCCCCCCCCCNc1nc(C)cc(C#N)n1. The summed E-state index contributed by atoms with van der Waals surface area (Å²) in [7, 11) is 0. The number of hydrogen-bond acceptors (Lipinski definition) is 4. The molecule has 0 amide bonds. The minimum atomic E-state index is 0.427. The van der Waals surface area contributed by atoms with E-state index >= 15 is 0 Å². The first kappa shape index (κ1) is 16.4. The lowest BCUT2D eigenvalue weighted by Crippen LogP contribution is -2.07. The fraction of sp³-hybridized carbons (Fsp3) is 0.688. The monoisotopic (exact) mass is 274 g/mol. The second-order valence-electron chi connectivity index (χ2n) is 5.23. The molecule has 0 aliphatic carbocycles. The van der Waals surface area contributed by atoms with E-state index in [4.69, 9.17) is 5.26 Å². The van der Waals surface area contributed by atoms with E-state index in [0.29, 0.717) is 11.6 Å². The molecule has 4 heteroatoms. The zero-order valence-corrected chi connectivity index (χ0v) is 12.8. The minimum Gasteiger partial charge on any atom is -0.354 e. The number of anilines is 1. The molecule has 0 fully saturated rings. The van der Waals surface area contributed by atoms with Crippen LogP contribution in [-0.2, 0) is 0 Å². The highest BCUT2D eigenvalue weighted by atomic mass is 15.1. The molecule has 1 N–H and O–H groups in total. The molecule has 1 aromatic heterocycles. The summed E-state index contributed by atoms with van der Waals surface area (Å²) in [4.78, 5) is 8.41. The van der Waals surface area contributed by atoms with Crippen molar-refractivity contribution in [2.75, 3.05) is 11.9 Å². The third-order valence-electron chi connectivity index (χ3n) is 3.28. The van der Waals surface area contributed by atoms with Gasteiger partial charge in [-0.2, -0.15) is 5.26 Å². The quantitative estimate of drug-likeness (QED) is 0.649. The van der Waals surface area contributed by atoms with Gasteiger partial charge in [0.05, 0.1) is 0 Å². The molecule has 1 rings (SSSR count). The Morgan fingerprint density at radius 3 is 2.35 bits per heavy atom. The Balaban J connectivity index is 2.10. The Morgan fingerprint density at radius 2 is 1.70 bits per heavy atom. The van der Waals surface area contributed by atoms with Crippen molar-refractivity contribution in [3.8, 4) is 6.07 Å². The molecule has 0 radical (unpaired) electrons. The summed E-state index contributed by atoms with van der Waals surface area (Å²) in [6.07, 6.45) is 10.5. The molecule has 110 valence electrons.